The molecule has 1 aromatic carbocycles. The molecule has 0 aliphatic carbocycles. The van der Waals surface area contributed by atoms with Crippen LogP contribution in [0.5, 0.6) is 0 Å². The second-order valence-corrected chi connectivity index (χ2v) is 7.56. The van der Waals surface area contributed by atoms with E-state index in [2.05, 4.69) is 51.7 Å². The largest absolute Gasteiger partial charge is 0.382 e. The van der Waals surface area contributed by atoms with Gasteiger partial charge in [0.2, 0.25) is 0 Å². The van der Waals surface area contributed by atoms with E-state index < -0.39 is 0 Å². The van der Waals surface area contributed by atoms with Crippen LogP contribution in [0.15, 0.2) is 29.3 Å². The van der Waals surface area contributed by atoms with Gasteiger partial charge in [-0.05, 0) is 42.9 Å². The molecule has 0 saturated carbocycles. The second-order valence-electron chi connectivity index (χ2n) is 7.56. The molecule has 6 heteroatoms. The number of benzene rings is 1. The number of hydrogen-bond acceptors (Lipinski definition) is 4. The Bertz CT molecular complexity index is 579. The topological polar surface area (TPSA) is 58.1 Å². The van der Waals surface area contributed by atoms with Crippen LogP contribution in [0.2, 0.25) is 0 Å². The van der Waals surface area contributed by atoms with Gasteiger partial charge >= 0.3 is 0 Å². The molecule has 1 heterocycles. The van der Waals surface area contributed by atoms with Crippen LogP contribution < -0.4 is 10.6 Å². The van der Waals surface area contributed by atoms with E-state index in [-0.39, 0.29) is 0 Å². The van der Waals surface area contributed by atoms with Crippen LogP contribution in [0.1, 0.15) is 37.3 Å². The number of rotatable bonds is 11. The maximum absolute atomic E-state index is 5.48. The minimum absolute atomic E-state index is 0.645. The Balaban J connectivity index is 1.74. The summed E-state index contributed by atoms with van der Waals surface area (Å²) in [4.78, 5) is 6.92. The molecule has 0 spiro atoms. The molecule has 1 aliphatic rings. The van der Waals surface area contributed by atoms with Gasteiger partial charge in [0, 0.05) is 46.9 Å². The fourth-order valence-corrected chi connectivity index (χ4v) is 3.58. The first-order valence-electron chi connectivity index (χ1n) is 10.5. The summed E-state index contributed by atoms with van der Waals surface area (Å²) >= 11 is 0. The zero-order valence-electron chi connectivity index (χ0n) is 17.9. The lowest BCUT2D eigenvalue weighted by Crippen LogP contribution is -2.38. The summed E-state index contributed by atoms with van der Waals surface area (Å²) in [5.41, 5.74) is 2.75. The van der Waals surface area contributed by atoms with Crippen molar-refractivity contribution in [1.29, 1.82) is 0 Å². The van der Waals surface area contributed by atoms with E-state index in [1.165, 1.54) is 37.1 Å². The molecule has 6 nitrogen and oxygen atoms in total. The Morgan fingerprint density at radius 1 is 1.18 bits per heavy atom. The monoisotopic (exact) mass is 390 g/mol. The summed E-state index contributed by atoms with van der Waals surface area (Å²) in [6.07, 6.45) is 3.61. The predicted octanol–water partition coefficient (Wildman–Crippen LogP) is 2.64. The molecule has 1 atom stereocenters. The first kappa shape index (κ1) is 22.7. The van der Waals surface area contributed by atoms with Crippen molar-refractivity contribution in [2.45, 2.75) is 39.3 Å². The normalized spacial score (nSPS) is 18.2. The van der Waals surface area contributed by atoms with E-state index in [1.54, 1.807) is 7.11 Å². The third-order valence-corrected chi connectivity index (χ3v) is 5.11. The van der Waals surface area contributed by atoms with Crippen molar-refractivity contribution in [2.24, 2.45) is 10.9 Å². The smallest absolute Gasteiger partial charge is 0.191 e. The fraction of sp³-hybridized carbons (Fsp3) is 0.682. The molecule has 158 valence electrons. The van der Waals surface area contributed by atoms with Crippen molar-refractivity contribution in [3.05, 3.63) is 35.4 Å². The summed E-state index contributed by atoms with van der Waals surface area (Å²) in [6.45, 7) is 9.45. The number of hydrogen-bond donors (Lipinski definition) is 2. The van der Waals surface area contributed by atoms with Gasteiger partial charge in [-0.2, -0.15) is 0 Å². The van der Waals surface area contributed by atoms with Crippen LogP contribution in [-0.4, -0.2) is 64.5 Å². The number of likely N-dealkylation sites (tertiary alicyclic amines) is 1. The number of guanidine groups is 1. The molecule has 0 radical (unpaired) electrons. The standard InChI is InChI=1S/C22H38N4O2/c1-19-8-6-12-26(17-19)18-21-10-5-4-9-20(21)16-25-22(23-2)24-11-7-13-28-15-14-27-3/h4-5,9-10,19H,6-8,11-18H2,1-3H3,(H2,23,24,25). The van der Waals surface area contributed by atoms with Crippen molar-refractivity contribution in [3.63, 3.8) is 0 Å². The van der Waals surface area contributed by atoms with E-state index in [0.717, 1.165) is 44.5 Å². The van der Waals surface area contributed by atoms with E-state index in [4.69, 9.17) is 9.47 Å². The fourth-order valence-electron chi connectivity index (χ4n) is 3.58. The first-order valence-corrected chi connectivity index (χ1v) is 10.5. The quantitative estimate of drug-likeness (QED) is 0.346. The zero-order chi connectivity index (χ0) is 20.0. The third kappa shape index (κ3) is 8.59. The summed E-state index contributed by atoms with van der Waals surface area (Å²) in [7, 11) is 3.50. The highest BCUT2D eigenvalue weighted by molar-refractivity contribution is 5.79. The molecule has 0 aromatic heterocycles. The number of piperidine rings is 1. The first-order chi connectivity index (χ1) is 13.7. The SMILES string of the molecule is CN=C(NCCCOCCOC)NCc1ccccc1CN1CCCC(C)C1. The van der Waals surface area contributed by atoms with Crippen LogP contribution in [0, 0.1) is 5.92 Å². The Morgan fingerprint density at radius 3 is 2.75 bits per heavy atom. The highest BCUT2D eigenvalue weighted by Gasteiger charge is 2.17. The van der Waals surface area contributed by atoms with Crippen molar-refractivity contribution in [1.82, 2.24) is 15.5 Å². The van der Waals surface area contributed by atoms with Gasteiger partial charge in [0.05, 0.1) is 13.2 Å². The maximum Gasteiger partial charge on any atom is 0.191 e. The molecule has 1 saturated heterocycles. The number of nitrogens with one attached hydrogen (secondary N) is 2. The van der Waals surface area contributed by atoms with Crippen molar-refractivity contribution in [2.75, 3.05) is 53.6 Å². The van der Waals surface area contributed by atoms with Gasteiger partial charge < -0.3 is 20.1 Å². The highest BCUT2D eigenvalue weighted by atomic mass is 16.5. The van der Waals surface area contributed by atoms with E-state index >= 15 is 0 Å². The lowest BCUT2D eigenvalue weighted by atomic mass is 9.99. The molecular weight excluding hydrogens is 352 g/mol. The number of nitrogens with zero attached hydrogens (tertiary/aromatic N) is 2. The molecule has 1 aliphatic heterocycles. The van der Waals surface area contributed by atoms with Gasteiger partial charge in [-0.25, -0.2) is 0 Å². The molecule has 0 bridgehead atoms. The van der Waals surface area contributed by atoms with Gasteiger partial charge in [0.15, 0.2) is 5.96 Å². The number of aliphatic imine (C=N–C) groups is 1. The summed E-state index contributed by atoms with van der Waals surface area (Å²) < 4.78 is 10.5. The zero-order valence-corrected chi connectivity index (χ0v) is 17.9. The van der Waals surface area contributed by atoms with Gasteiger partial charge in [-0.3, -0.25) is 9.89 Å². The van der Waals surface area contributed by atoms with Crippen LogP contribution in [0.3, 0.4) is 0 Å². The number of ether oxygens (including phenoxy) is 2. The Hall–Kier alpha value is -1.63. The van der Waals surface area contributed by atoms with E-state index in [1.807, 2.05) is 7.05 Å². The van der Waals surface area contributed by atoms with Gasteiger partial charge in [0.1, 0.15) is 0 Å². The Kier molecular flexibility index (Phi) is 10.9. The molecule has 2 N–H and O–H groups in total. The Morgan fingerprint density at radius 2 is 2.00 bits per heavy atom. The van der Waals surface area contributed by atoms with Crippen LogP contribution >= 0.6 is 0 Å². The van der Waals surface area contributed by atoms with Crippen LogP contribution in [-0.2, 0) is 22.6 Å². The molecular formula is C22H38N4O2. The second kappa shape index (κ2) is 13.5. The lowest BCUT2D eigenvalue weighted by molar-refractivity contribution is 0.0698. The minimum atomic E-state index is 0.645. The lowest BCUT2D eigenvalue weighted by Gasteiger charge is -2.31. The van der Waals surface area contributed by atoms with Crippen molar-refractivity contribution >= 4 is 5.96 Å². The molecule has 1 fully saturated rings. The van der Waals surface area contributed by atoms with Crippen LogP contribution in [0.25, 0.3) is 0 Å². The van der Waals surface area contributed by atoms with Crippen LogP contribution in [0.4, 0.5) is 0 Å². The van der Waals surface area contributed by atoms with E-state index in [9.17, 15) is 0 Å². The van der Waals surface area contributed by atoms with E-state index in [0.29, 0.717) is 13.2 Å². The average molecular weight is 391 g/mol. The maximum atomic E-state index is 5.48. The average Bonchev–Trinajstić information content (AvgIpc) is 2.70. The highest BCUT2D eigenvalue weighted by Crippen LogP contribution is 2.19. The summed E-state index contributed by atoms with van der Waals surface area (Å²) in [5, 5.41) is 6.80. The van der Waals surface area contributed by atoms with Gasteiger partial charge in [-0.15, -0.1) is 0 Å². The van der Waals surface area contributed by atoms with Gasteiger partial charge in [-0.1, -0.05) is 31.2 Å². The minimum Gasteiger partial charge on any atom is -0.382 e. The summed E-state index contributed by atoms with van der Waals surface area (Å²) in [6, 6.07) is 8.73. The van der Waals surface area contributed by atoms with Gasteiger partial charge in [0.25, 0.3) is 0 Å². The predicted molar refractivity (Wildman–Crippen MR) is 116 cm³/mol. The molecule has 0 amide bonds. The molecule has 1 unspecified atom stereocenters. The third-order valence-electron chi connectivity index (χ3n) is 5.11. The molecule has 2 rings (SSSR count). The number of methoxy groups -OCH3 is 1. The molecule has 1 aromatic rings. The summed E-state index contributed by atoms with van der Waals surface area (Å²) in [5.74, 6) is 1.64. The van der Waals surface area contributed by atoms with Crippen molar-refractivity contribution in [3.8, 4) is 0 Å². The van der Waals surface area contributed by atoms with Crippen molar-refractivity contribution < 1.29 is 9.47 Å². The Labute approximate surface area is 170 Å². The molecule has 28 heavy (non-hydrogen) atoms.